The molecule has 1 saturated heterocycles. The van der Waals surface area contributed by atoms with Gasteiger partial charge in [0.1, 0.15) is 5.75 Å². The van der Waals surface area contributed by atoms with Crippen LogP contribution in [0.4, 0.5) is 0 Å². The largest absolute Gasteiger partial charge is 0.496 e. The van der Waals surface area contributed by atoms with Crippen molar-refractivity contribution < 1.29 is 9.47 Å². The lowest BCUT2D eigenvalue weighted by atomic mass is 9.73. The number of rotatable bonds is 4. The Hall–Kier alpha value is -0.770. The van der Waals surface area contributed by atoms with Gasteiger partial charge in [0.05, 0.1) is 20.3 Å². The highest BCUT2D eigenvalue weighted by Crippen LogP contribution is 2.43. The van der Waals surface area contributed by atoms with Gasteiger partial charge in [0.2, 0.25) is 0 Å². The molecule has 3 nitrogen and oxygen atoms in total. The summed E-state index contributed by atoms with van der Waals surface area (Å²) >= 11 is 6.24. The topological polar surface area (TPSA) is 44.5 Å². The van der Waals surface area contributed by atoms with Crippen molar-refractivity contribution in [2.45, 2.75) is 31.7 Å². The van der Waals surface area contributed by atoms with Crippen molar-refractivity contribution in [3.63, 3.8) is 0 Å². The zero-order chi connectivity index (χ0) is 13.3. The lowest BCUT2D eigenvalue weighted by Gasteiger charge is -2.43. The third kappa shape index (κ3) is 2.35. The lowest BCUT2D eigenvalue weighted by molar-refractivity contribution is -0.0674. The Morgan fingerprint density at radius 1 is 1.50 bits per heavy atom. The normalized spacial score (nSPS) is 19.2. The Balaban J connectivity index is 2.44. The van der Waals surface area contributed by atoms with Gasteiger partial charge in [-0.3, -0.25) is 0 Å². The van der Waals surface area contributed by atoms with Crippen molar-refractivity contribution in [2.75, 3.05) is 20.3 Å². The van der Waals surface area contributed by atoms with Crippen LogP contribution in [0.5, 0.6) is 5.75 Å². The molecule has 1 atom stereocenters. The highest BCUT2D eigenvalue weighted by atomic mass is 35.5. The van der Waals surface area contributed by atoms with Crippen LogP contribution in [0.3, 0.4) is 0 Å². The molecule has 0 spiro atoms. The van der Waals surface area contributed by atoms with E-state index in [1.54, 1.807) is 7.11 Å². The molecule has 0 radical (unpaired) electrons. The minimum Gasteiger partial charge on any atom is -0.496 e. The first-order valence-electron chi connectivity index (χ1n) is 6.16. The van der Waals surface area contributed by atoms with Crippen molar-refractivity contribution in [3.05, 3.63) is 28.3 Å². The summed E-state index contributed by atoms with van der Waals surface area (Å²) in [6.45, 7) is 5.36. The molecule has 0 aromatic heterocycles. The summed E-state index contributed by atoms with van der Waals surface area (Å²) in [5.74, 6) is 0.876. The minimum absolute atomic E-state index is 0.0448. The van der Waals surface area contributed by atoms with E-state index in [-0.39, 0.29) is 11.5 Å². The minimum atomic E-state index is -0.0448. The van der Waals surface area contributed by atoms with Crippen LogP contribution in [0.25, 0.3) is 0 Å². The molecule has 4 heteroatoms. The Bertz CT molecular complexity index is 442. The molecule has 1 fully saturated rings. The van der Waals surface area contributed by atoms with Crippen molar-refractivity contribution in [1.82, 2.24) is 0 Å². The fourth-order valence-corrected chi connectivity index (χ4v) is 2.75. The highest BCUT2D eigenvalue weighted by molar-refractivity contribution is 6.31. The van der Waals surface area contributed by atoms with E-state index >= 15 is 0 Å². The smallest absolute Gasteiger partial charge is 0.123 e. The zero-order valence-electron chi connectivity index (χ0n) is 11.1. The van der Waals surface area contributed by atoms with Crippen molar-refractivity contribution in [3.8, 4) is 5.75 Å². The van der Waals surface area contributed by atoms with Gasteiger partial charge in [0, 0.05) is 22.0 Å². The average Bonchev–Trinajstić information content (AvgIpc) is 2.26. The molecule has 2 N–H and O–H groups in total. The van der Waals surface area contributed by atoms with E-state index in [1.165, 1.54) is 0 Å². The summed E-state index contributed by atoms with van der Waals surface area (Å²) in [4.78, 5) is 0. The van der Waals surface area contributed by atoms with E-state index in [1.807, 2.05) is 26.0 Å². The van der Waals surface area contributed by atoms with Gasteiger partial charge in [-0.05, 0) is 38.0 Å². The second-order valence-corrected chi connectivity index (χ2v) is 5.66. The van der Waals surface area contributed by atoms with Crippen LogP contribution in [0.15, 0.2) is 12.1 Å². The maximum Gasteiger partial charge on any atom is 0.123 e. The number of hydrogen-bond acceptors (Lipinski definition) is 3. The van der Waals surface area contributed by atoms with Gasteiger partial charge in [-0.2, -0.15) is 0 Å². The Labute approximate surface area is 113 Å². The number of methoxy groups -OCH3 is 1. The second-order valence-electron chi connectivity index (χ2n) is 5.26. The summed E-state index contributed by atoms with van der Waals surface area (Å²) < 4.78 is 10.9. The van der Waals surface area contributed by atoms with Crippen LogP contribution in [-0.2, 0) is 10.2 Å². The molecule has 1 heterocycles. The molecule has 18 heavy (non-hydrogen) atoms. The molecular formula is C14H20ClNO2. The molecule has 0 bridgehead atoms. The first-order chi connectivity index (χ1) is 8.48. The number of benzene rings is 1. The number of ether oxygens (including phenoxy) is 2. The van der Waals surface area contributed by atoms with Gasteiger partial charge in [-0.15, -0.1) is 0 Å². The zero-order valence-corrected chi connectivity index (χ0v) is 11.9. The van der Waals surface area contributed by atoms with Gasteiger partial charge in [-0.25, -0.2) is 0 Å². The lowest BCUT2D eigenvalue weighted by Crippen LogP contribution is -2.50. The molecule has 0 aliphatic carbocycles. The Morgan fingerprint density at radius 2 is 2.17 bits per heavy atom. The molecule has 0 amide bonds. The third-order valence-corrected chi connectivity index (χ3v) is 3.93. The maximum atomic E-state index is 6.24. The van der Waals surface area contributed by atoms with Gasteiger partial charge in [0.15, 0.2) is 0 Å². The molecule has 1 aromatic carbocycles. The molecular weight excluding hydrogens is 250 g/mol. The second kappa shape index (κ2) is 5.08. The Morgan fingerprint density at radius 3 is 2.61 bits per heavy atom. The predicted molar refractivity (Wildman–Crippen MR) is 73.5 cm³/mol. The summed E-state index contributed by atoms with van der Waals surface area (Å²) in [6.07, 6.45) is 0.878. The Kier molecular flexibility index (Phi) is 3.85. The molecule has 2 rings (SSSR count). The monoisotopic (exact) mass is 269 g/mol. The first-order valence-corrected chi connectivity index (χ1v) is 6.54. The number of nitrogens with two attached hydrogens (primary N) is 1. The fourth-order valence-electron chi connectivity index (χ4n) is 2.59. The van der Waals surface area contributed by atoms with E-state index in [4.69, 9.17) is 26.8 Å². The third-order valence-electron chi connectivity index (χ3n) is 3.52. The summed E-state index contributed by atoms with van der Waals surface area (Å²) in [7, 11) is 1.69. The molecule has 100 valence electrons. The molecule has 1 aromatic rings. The molecule has 1 aliphatic rings. The van der Waals surface area contributed by atoms with Crippen LogP contribution in [0.2, 0.25) is 5.02 Å². The van der Waals surface area contributed by atoms with Crippen LogP contribution in [0, 0.1) is 6.92 Å². The van der Waals surface area contributed by atoms with Crippen molar-refractivity contribution in [1.29, 1.82) is 0 Å². The molecule has 0 saturated carbocycles. The van der Waals surface area contributed by atoms with Gasteiger partial charge in [0.25, 0.3) is 0 Å². The van der Waals surface area contributed by atoms with Crippen LogP contribution in [0.1, 0.15) is 24.5 Å². The van der Waals surface area contributed by atoms with Crippen LogP contribution in [-0.4, -0.2) is 26.4 Å². The first kappa shape index (κ1) is 13.7. The number of hydrogen-bond donors (Lipinski definition) is 1. The van der Waals surface area contributed by atoms with Crippen molar-refractivity contribution >= 4 is 11.6 Å². The van der Waals surface area contributed by atoms with Gasteiger partial charge >= 0.3 is 0 Å². The van der Waals surface area contributed by atoms with Gasteiger partial charge < -0.3 is 15.2 Å². The fraction of sp³-hybridized carbons (Fsp3) is 0.571. The molecule has 1 unspecified atom stereocenters. The van der Waals surface area contributed by atoms with Crippen molar-refractivity contribution in [2.24, 2.45) is 5.73 Å². The SMILES string of the molecule is COc1cc(C)c(Cl)cc1C1(CC(C)N)COC1. The standard InChI is InChI=1S/C14H20ClNO2/c1-9-4-13(17-3)11(5-12(9)15)14(6-10(2)16)7-18-8-14/h4-5,10H,6-8,16H2,1-3H3. The quantitative estimate of drug-likeness (QED) is 0.914. The molecule has 1 aliphatic heterocycles. The van der Waals surface area contributed by atoms with E-state index < -0.39 is 0 Å². The average molecular weight is 270 g/mol. The van der Waals surface area contributed by atoms with E-state index in [2.05, 4.69) is 0 Å². The number of aryl methyl sites for hydroxylation is 1. The predicted octanol–water partition coefficient (Wildman–Crippen LogP) is 2.66. The summed E-state index contributed by atoms with van der Waals surface area (Å²) in [5.41, 5.74) is 8.05. The van der Waals surface area contributed by atoms with Crippen LogP contribution >= 0.6 is 11.6 Å². The van der Waals surface area contributed by atoms with E-state index in [0.29, 0.717) is 13.2 Å². The maximum absolute atomic E-state index is 6.24. The van der Waals surface area contributed by atoms with E-state index in [0.717, 1.165) is 28.3 Å². The summed E-state index contributed by atoms with van der Waals surface area (Å²) in [5, 5.41) is 0.766. The summed E-state index contributed by atoms with van der Waals surface area (Å²) in [6, 6.07) is 4.11. The van der Waals surface area contributed by atoms with Gasteiger partial charge in [-0.1, -0.05) is 11.6 Å². The number of halogens is 1. The highest BCUT2D eigenvalue weighted by Gasteiger charge is 2.43. The van der Waals surface area contributed by atoms with Crippen LogP contribution < -0.4 is 10.5 Å². The van der Waals surface area contributed by atoms with E-state index in [9.17, 15) is 0 Å².